The van der Waals surface area contributed by atoms with Crippen LogP contribution in [0.3, 0.4) is 0 Å². The van der Waals surface area contributed by atoms with E-state index < -0.39 is 26.1 Å². The summed E-state index contributed by atoms with van der Waals surface area (Å²) in [5.41, 5.74) is 1.85. The van der Waals surface area contributed by atoms with Gasteiger partial charge < -0.3 is 24.5 Å². The van der Waals surface area contributed by atoms with Crippen molar-refractivity contribution in [3.8, 4) is 5.75 Å². The Kier molecular flexibility index (Phi) is 9.75. The summed E-state index contributed by atoms with van der Waals surface area (Å²) < 4.78 is 31.9. The maximum atomic E-state index is 13.7. The smallest absolute Gasteiger partial charge is 0.253 e. The van der Waals surface area contributed by atoms with E-state index in [1.54, 1.807) is 18.2 Å². The second-order valence-corrected chi connectivity index (χ2v) is 17.3. The van der Waals surface area contributed by atoms with Crippen molar-refractivity contribution in [2.75, 3.05) is 29.2 Å². The minimum Gasteiger partial charge on any atom is -0.486 e. The maximum absolute atomic E-state index is 13.7. The van der Waals surface area contributed by atoms with Gasteiger partial charge in [-0.3, -0.25) is 4.79 Å². The predicted octanol–water partition coefficient (Wildman–Crippen LogP) is 7.61. The molecule has 1 aliphatic rings. The number of hydrogen-bond acceptors (Lipinski definition) is 7. The number of nitrogens with zero attached hydrogens (tertiary/aromatic N) is 2. The van der Waals surface area contributed by atoms with Crippen molar-refractivity contribution in [3.05, 3.63) is 59.7 Å². The lowest BCUT2D eigenvalue weighted by Gasteiger charge is -2.39. The Labute approximate surface area is 254 Å². The molecule has 0 saturated carbocycles. The lowest BCUT2D eigenvalue weighted by molar-refractivity contribution is -0.113. The van der Waals surface area contributed by atoms with Gasteiger partial charge in [-0.1, -0.05) is 54.9 Å². The zero-order valence-corrected chi connectivity index (χ0v) is 27.2. The third kappa shape index (κ3) is 7.45. The first-order valence-electron chi connectivity index (χ1n) is 13.3. The Morgan fingerprint density at radius 2 is 2.05 bits per heavy atom. The lowest BCUT2D eigenvalue weighted by atomic mass is 10.1. The molecule has 0 radical (unpaired) electrons. The monoisotopic (exact) mass is 664 g/mol. The molecular formula is C29H35BrClFN4O4Si. The normalized spacial score (nSPS) is 16.4. The molecule has 220 valence electrons. The molecule has 1 fully saturated rings. The molecule has 0 bridgehead atoms. The quantitative estimate of drug-likeness (QED) is 0.131. The van der Waals surface area contributed by atoms with E-state index in [9.17, 15) is 9.18 Å². The summed E-state index contributed by atoms with van der Waals surface area (Å²) in [7, 11) is -2.18. The number of fused-ring (bicyclic) bond motifs is 1. The molecule has 1 aliphatic heterocycles. The Bertz CT molecular complexity index is 1450. The largest absolute Gasteiger partial charge is 0.486 e. The number of halogens is 3. The SMILES string of the molecule is C=C(C(=O)Nc1cc2c(Nc3ccc(F)c(Cl)c3)ncnc2cc1O[C@H]1CCOC1)C(CBr)O[Si](C)(C)C(C)(C)C. The molecule has 1 saturated heterocycles. The van der Waals surface area contributed by atoms with Crippen molar-refractivity contribution >= 4 is 69.9 Å². The van der Waals surface area contributed by atoms with E-state index in [4.69, 9.17) is 25.5 Å². The number of nitrogens with one attached hydrogen (secondary N) is 2. The van der Waals surface area contributed by atoms with Crippen molar-refractivity contribution in [1.29, 1.82) is 0 Å². The number of carbonyl (C=O) groups is 1. The summed E-state index contributed by atoms with van der Waals surface area (Å²) in [6.07, 6.45) is 1.47. The molecule has 0 spiro atoms. The number of aromatic nitrogens is 2. The molecule has 2 atom stereocenters. The summed E-state index contributed by atoms with van der Waals surface area (Å²) >= 11 is 9.48. The molecule has 8 nitrogen and oxygen atoms in total. The van der Waals surface area contributed by atoms with Gasteiger partial charge in [-0.15, -0.1) is 0 Å². The molecule has 0 aliphatic carbocycles. The Morgan fingerprint density at radius 1 is 1.29 bits per heavy atom. The molecule has 2 heterocycles. The van der Waals surface area contributed by atoms with Crippen LogP contribution in [0.15, 0.2) is 48.8 Å². The van der Waals surface area contributed by atoms with Crippen LogP contribution in [0.25, 0.3) is 10.9 Å². The van der Waals surface area contributed by atoms with Gasteiger partial charge in [0.15, 0.2) is 8.32 Å². The molecule has 4 rings (SSSR count). The lowest BCUT2D eigenvalue weighted by Crippen LogP contribution is -2.45. The fourth-order valence-corrected chi connectivity index (χ4v) is 6.19. The van der Waals surface area contributed by atoms with Crippen molar-refractivity contribution < 1.29 is 23.1 Å². The second kappa shape index (κ2) is 12.7. The van der Waals surface area contributed by atoms with Gasteiger partial charge in [0.05, 0.1) is 35.5 Å². The van der Waals surface area contributed by atoms with Crippen LogP contribution in [0.2, 0.25) is 23.2 Å². The highest BCUT2D eigenvalue weighted by molar-refractivity contribution is 9.09. The van der Waals surface area contributed by atoms with Crippen molar-refractivity contribution in [1.82, 2.24) is 9.97 Å². The van der Waals surface area contributed by atoms with Crippen LogP contribution in [-0.4, -0.2) is 54.9 Å². The summed E-state index contributed by atoms with van der Waals surface area (Å²) in [5.74, 6) is -0.0182. The molecule has 41 heavy (non-hydrogen) atoms. The zero-order chi connectivity index (χ0) is 29.9. The number of benzene rings is 2. The van der Waals surface area contributed by atoms with Crippen LogP contribution in [0.4, 0.5) is 21.6 Å². The van der Waals surface area contributed by atoms with Crippen molar-refractivity contribution in [2.45, 2.75) is 57.5 Å². The first-order valence-corrected chi connectivity index (χ1v) is 17.7. The Morgan fingerprint density at radius 3 is 2.68 bits per heavy atom. The predicted molar refractivity (Wildman–Crippen MR) is 168 cm³/mol. The van der Waals surface area contributed by atoms with Gasteiger partial charge in [0.25, 0.3) is 5.91 Å². The van der Waals surface area contributed by atoms with E-state index in [-0.39, 0.29) is 16.2 Å². The number of ether oxygens (including phenoxy) is 2. The third-order valence-electron chi connectivity index (χ3n) is 7.41. The van der Waals surface area contributed by atoms with Crippen LogP contribution in [0.1, 0.15) is 27.2 Å². The van der Waals surface area contributed by atoms with E-state index in [0.29, 0.717) is 58.0 Å². The molecule has 12 heteroatoms. The van der Waals surface area contributed by atoms with Gasteiger partial charge in [0.1, 0.15) is 29.8 Å². The average molecular weight is 666 g/mol. The summed E-state index contributed by atoms with van der Waals surface area (Å²) in [6.45, 7) is 15.8. The Balaban J connectivity index is 1.67. The fourth-order valence-electron chi connectivity index (χ4n) is 3.95. The van der Waals surface area contributed by atoms with Crippen LogP contribution < -0.4 is 15.4 Å². The Hall–Kier alpha value is -2.57. The number of anilines is 3. The van der Waals surface area contributed by atoms with Crippen LogP contribution in [-0.2, 0) is 14.0 Å². The summed E-state index contributed by atoms with van der Waals surface area (Å²) in [5, 5.41) is 7.12. The van der Waals surface area contributed by atoms with Gasteiger partial charge in [-0.05, 0) is 42.4 Å². The van der Waals surface area contributed by atoms with Crippen LogP contribution in [0, 0.1) is 5.82 Å². The fraction of sp³-hybridized carbons (Fsp3) is 0.414. The highest BCUT2D eigenvalue weighted by atomic mass is 79.9. The zero-order valence-electron chi connectivity index (χ0n) is 23.8. The van der Waals surface area contributed by atoms with Crippen LogP contribution >= 0.6 is 27.5 Å². The van der Waals surface area contributed by atoms with Gasteiger partial charge >= 0.3 is 0 Å². The van der Waals surface area contributed by atoms with E-state index in [0.717, 1.165) is 6.42 Å². The second-order valence-electron chi connectivity index (χ2n) is 11.4. The molecular weight excluding hydrogens is 631 g/mol. The van der Waals surface area contributed by atoms with Gasteiger partial charge in [-0.25, -0.2) is 14.4 Å². The topological polar surface area (TPSA) is 94.6 Å². The average Bonchev–Trinajstić information content (AvgIpc) is 3.42. The highest BCUT2D eigenvalue weighted by Crippen LogP contribution is 2.39. The number of carbonyl (C=O) groups excluding carboxylic acids is 1. The van der Waals surface area contributed by atoms with Gasteiger partial charge in [0.2, 0.25) is 0 Å². The minimum atomic E-state index is -2.18. The molecule has 1 amide bonds. The van der Waals surface area contributed by atoms with E-state index in [1.165, 1.54) is 18.5 Å². The van der Waals surface area contributed by atoms with Crippen LogP contribution in [0.5, 0.6) is 5.75 Å². The van der Waals surface area contributed by atoms with E-state index in [2.05, 4.69) is 77.0 Å². The summed E-state index contributed by atoms with van der Waals surface area (Å²) in [6, 6.07) is 7.80. The van der Waals surface area contributed by atoms with Crippen molar-refractivity contribution in [3.63, 3.8) is 0 Å². The first kappa shape index (κ1) is 31.4. The highest BCUT2D eigenvalue weighted by Gasteiger charge is 2.40. The minimum absolute atomic E-state index is 0.0180. The number of alkyl halides is 1. The molecule has 1 aromatic heterocycles. The molecule has 2 N–H and O–H groups in total. The first-order chi connectivity index (χ1) is 19.3. The standard InChI is InChI=1S/C29H35BrClFN4O4Si/c1-17(26(14-30)40-41(5,6)29(2,3)4)28(37)36-24-12-20-23(13-25(24)39-19-9-10-38-15-19)33-16-34-27(20)35-18-7-8-22(32)21(31)11-18/h7-8,11-13,16,19,26H,1,9-10,14-15H2,2-6H3,(H,36,37)(H,33,34,35)/t19-,26?/m0/s1. The van der Waals surface area contributed by atoms with E-state index >= 15 is 0 Å². The van der Waals surface area contributed by atoms with Gasteiger partial charge in [0, 0.05) is 34.5 Å². The third-order valence-corrected chi connectivity index (χ3v) is 12.8. The molecule has 1 unspecified atom stereocenters. The number of hydrogen-bond donors (Lipinski definition) is 2. The van der Waals surface area contributed by atoms with Gasteiger partial charge in [-0.2, -0.15) is 0 Å². The van der Waals surface area contributed by atoms with Crippen molar-refractivity contribution in [2.24, 2.45) is 0 Å². The number of amides is 1. The maximum Gasteiger partial charge on any atom is 0.253 e. The molecule has 2 aromatic carbocycles. The summed E-state index contributed by atoms with van der Waals surface area (Å²) in [4.78, 5) is 22.3. The number of rotatable bonds is 10. The molecule has 3 aromatic rings. The van der Waals surface area contributed by atoms with E-state index in [1.807, 2.05) is 0 Å².